The summed E-state index contributed by atoms with van der Waals surface area (Å²) in [4.78, 5) is 26.6. The number of fused-ring (bicyclic) bond motifs is 1. The van der Waals surface area contributed by atoms with Crippen molar-refractivity contribution in [3.8, 4) is 0 Å². The molecular weight excluding hydrogens is 486 g/mol. The van der Waals surface area contributed by atoms with Crippen LogP contribution in [0.15, 0.2) is 95.6 Å². The maximum absolute atomic E-state index is 13.6. The quantitative estimate of drug-likeness (QED) is 0.246. The zero-order chi connectivity index (χ0) is 27.0. The summed E-state index contributed by atoms with van der Waals surface area (Å²) in [6.07, 6.45) is 7.14. The average Bonchev–Trinajstić information content (AvgIpc) is 3.38. The first kappa shape index (κ1) is 26.4. The molecule has 1 amide bonds. The molecule has 2 unspecified atom stereocenters. The first-order valence-corrected chi connectivity index (χ1v) is 13.9. The summed E-state index contributed by atoms with van der Waals surface area (Å²) in [6.45, 7) is 2.52. The lowest BCUT2D eigenvalue weighted by molar-refractivity contribution is -0.137. The Morgan fingerprint density at radius 3 is 2.49 bits per heavy atom. The molecule has 6 heteroatoms. The van der Waals surface area contributed by atoms with Crippen LogP contribution in [0.3, 0.4) is 0 Å². The number of ether oxygens (including phenoxy) is 1. The van der Waals surface area contributed by atoms with Gasteiger partial charge in [0, 0.05) is 18.2 Å². The minimum atomic E-state index is -0.520. The maximum Gasteiger partial charge on any atom is 0.340 e. The number of nitrogens with zero attached hydrogens (tertiary/aromatic N) is 2. The highest BCUT2D eigenvalue weighted by molar-refractivity contribution is 6.08. The van der Waals surface area contributed by atoms with Crippen molar-refractivity contribution in [1.29, 1.82) is 0 Å². The summed E-state index contributed by atoms with van der Waals surface area (Å²) in [5.74, 6) is -0.748. The van der Waals surface area contributed by atoms with Gasteiger partial charge in [0.25, 0.3) is 5.91 Å². The monoisotopic (exact) mass is 521 g/mol. The molecule has 1 fully saturated rings. The summed E-state index contributed by atoms with van der Waals surface area (Å²) in [7, 11) is 0. The van der Waals surface area contributed by atoms with Crippen LogP contribution in [-0.4, -0.2) is 35.7 Å². The lowest BCUT2D eigenvalue weighted by Gasteiger charge is -2.29. The molecule has 1 saturated carbocycles. The fraction of sp³-hybridized carbons (Fsp3) is 0.303. The Kier molecular flexibility index (Phi) is 8.51. The van der Waals surface area contributed by atoms with Crippen LogP contribution in [0.1, 0.15) is 66.6 Å². The average molecular weight is 522 g/mol. The van der Waals surface area contributed by atoms with E-state index in [1.54, 1.807) is 17.1 Å². The van der Waals surface area contributed by atoms with Gasteiger partial charge in [-0.1, -0.05) is 86.1 Å². The number of hydrazone groups is 1. The van der Waals surface area contributed by atoms with Crippen LogP contribution in [0, 0.1) is 5.92 Å². The lowest BCUT2D eigenvalue weighted by Crippen LogP contribution is -2.34. The molecule has 1 aliphatic carbocycles. The number of unbranched alkanes of at least 4 members (excludes halogenated alkanes) is 1. The van der Waals surface area contributed by atoms with Crippen LogP contribution in [0.25, 0.3) is 6.08 Å². The topological polar surface area (TPSA) is 71.0 Å². The van der Waals surface area contributed by atoms with Gasteiger partial charge in [-0.15, -0.1) is 0 Å². The number of benzene rings is 3. The molecule has 2 aliphatic rings. The van der Waals surface area contributed by atoms with E-state index >= 15 is 0 Å². The van der Waals surface area contributed by atoms with Crippen molar-refractivity contribution >= 4 is 29.4 Å². The van der Waals surface area contributed by atoms with Crippen molar-refractivity contribution in [2.24, 2.45) is 11.0 Å². The second kappa shape index (κ2) is 12.6. The van der Waals surface area contributed by atoms with E-state index in [2.05, 4.69) is 30.4 Å². The molecule has 0 spiro atoms. The highest BCUT2D eigenvalue weighted by Crippen LogP contribution is 2.44. The number of anilines is 1. The van der Waals surface area contributed by atoms with Crippen molar-refractivity contribution in [3.63, 3.8) is 0 Å². The first-order valence-electron chi connectivity index (χ1n) is 13.9. The molecule has 1 aliphatic heterocycles. The summed E-state index contributed by atoms with van der Waals surface area (Å²) in [6, 6.07) is 27.3. The molecule has 5 rings (SSSR count). The Hall–Kier alpha value is -4.19. The molecule has 1 heterocycles. The molecule has 0 aromatic heterocycles. The highest BCUT2D eigenvalue weighted by Gasteiger charge is 2.43. The lowest BCUT2D eigenvalue weighted by atomic mass is 9.77. The molecule has 6 nitrogen and oxygen atoms in total. The second-order valence-corrected chi connectivity index (χ2v) is 10.1. The van der Waals surface area contributed by atoms with E-state index in [1.165, 1.54) is 0 Å². The van der Waals surface area contributed by atoms with E-state index in [0.717, 1.165) is 61.1 Å². The Balaban J connectivity index is 1.37. The highest BCUT2D eigenvalue weighted by atomic mass is 16.5. The van der Waals surface area contributed by atoms with Gasteiger partial charge in [-0.25, -0.2) is 9.80 Å². The molecule has 0 radical (unpaired) electrons. The van der Waals surface area contributed by atoms with Crippen LogP contribution < -0.4 is 5.32 Å². The minimum absolute atomic E-state index is 0.0965. The van der Waals surface area contributed by atoms with Gasteiger partial charge in [0.15, 0.2) is 6.61 Å². The number of nitrogens with one attached hydrogen (secondary N) is 1. The number of esters is 1. The molecule has 39 heavy (non-hydrogen) atoms. The molecule has 1 N–H and O–H groups in total. The fourth-order valence-corrected chi connectivity index (χ4v) is 5.43. The van der Waals surface area contributed by atoms with E-state index in [0.29, 0.717) is 11.3 Å². The van der Waals surface area contributed by atoms with E-state index < -0.39 is 5.97 Å². The van der Waals surface area contributed by atoms with Crippen molar-refractivity contribution in [2.45, 2.75) is 45.1 Å². The summed E-state index contributed by atoms with van der Waals surface area (Å²) >= 11 is 0. The number of carbonyl (C=O) groups excluding carboxylic acids is 2. The minimum Gasteiger partial charge on any atom is -0.452 e. The largest absolute Gasteiger partial charge is 0.452 e. The van der Waals surface area contributed by atoms with Gasteiger partial charge in [-0.05, 0) is 60.6 Å². The van der Waals surface area contributed by atoms with Gasteiger partial charge in [0.05, 0.1) is 17.3 Å². The van der Waals surface area contributed by atoms with Crippen LogP contribution in [0.4, 0.5) is 5.69 Å². The van der Waals surface area contributed by atoms with Crippen LogP contribution in [-0.2, 0) is 9.53 Å². The zero-order valence-corrected chi connectivity index (χ0v) is 22.4. The smallest absolute Gasteiger partial charge is 0.340 e. The predicted molar refractivity (Wildman–Crippen MR) is 155 cm³/mol. The Bertz CT molecular complexity index is 1350. The number of amides is 1. The third-order valence-electron chi connectivity index (χ3n) is 7.36. The first-order chi connectivity index (χ1) is 19.2. The van der Waals surface area contributed by atoms with Gasteiger partial charge in [0.1, 0.15) is 0 Å². The number of hydrogen-bond acceptors (Lipinski definition) is 5. The van der Waals surface area contributed by atoms with Gasteiger partial charge in [-0.3, -0.25) is 4.79 Å². The molecule has 2 atom stereocenters. The standard InChI is InChI=1S/C33H35N3O3/c1-2-3-21-34-29-20-11-10-18-27(29)33(38)39-23-30(37)36-32(25-15-8-5-9-16-25)28-19-12-17-26(31(28)35-36)22-24-13-6-4-7-14-24/h4-11,13-16,18,20,22,28,32,34H,2-3,12,17,19,21,23H2,1H3/b26-22-. The zero-order valence-electron chi connectivity index (χ0n) is 22.4. The Morgan fingerprint density at radius 2 is 1.72 bits per heavy atom. The molecule has 3 aromatic rings. The number of hydrogen-bond donors (Lipinski definition) is 1. The van der Waals surface area contributed by atoms with Gasteiger partial charge in [-0.2, -0.15) is 5.10 Å². The second-order valence-electron chi connectivity index (χ2n) is 10.1. The third kappa shape index (κ3) is 6.11. The summed E-state index contributed by atoms with van der Waals surface area (Å²) in [5.41, 5.74) is 5.43. The van der Waals surface area contributed by atoms with Crippen molar-refractivity contribution in [2.75, 3.05) is 18.5 Å². The van der Waals surface area contributed by atoms with E-state index in [1.807, 2.05) is 60.7 Å². The van der Waals surface area contributed by atoms with Gasteiger partial charge in [0.2, 0.25) is 0 Å². The molecule has 3 aromatic carbocycles. The number of carbonyl (C=O) groups is 2. The van der Waals surface area contributed by atoms with E-state index in [9.17, 15) is 9.59 Å². The predicted octanol–water partition coefficient (Wildman–Crippen LogP) is 6.88. The van der Waals surface area contributed by atoms with Gasteiger partial charge < -0.3 is 10.1 Å². The Morgan fingerprint density at radius 1 is 1.00 bits per heavy atom. The van der Waals surface area contributed by atoms with Crippen molar-refractivity contribution in [1.82, 2.24) is 5.01 Å². The maximum atomic E-state index is 13.6. The van der Waals surface area contributed by atoms with E-state index in [4.69, 9.17) is 9.84 Å². The van der Waals surface area contributed by atoms with E-state index in [-0.39, 0.29) is 24.5 Å². The Labute approximate surface area is 230 Å². The number of rotatable bonds is 9. The van der Waals surface area contributed by atoms with Crippen LogP contribution in [0.2, 0.25) is 0 Å². The SMILES string of the molecule is CCCCNc1ccccc1C(=O)OCC(=O)N1N=C2/C(=C\c3ccccc3)CCCC2C1c1ccccc1. The molecule has 200 valence electrons. The number of allylic oxidation sites excluding steroid dienone is 1. The molecule has 0 bridgehead atoms. The van der Waals surface area contributed by atoms with Crippen LogP contribution in [0.5, 0.6) is 0 Å². The van der Waals surface area contributed by atoms with Crippen LogP contribution >= 0.6 is 0 Å². The number of para-hydroxylation sites is 1. The third-order valence-corrected chi connectivity index (χ3v) is 7.36. The summed E-state index contributed by atoms with van der Waals surface area (Å²) < 4.78 is 5.56. The van der Waals surface area contributed by atoms with Crippen molar-refractivity contribution < 1.29 is 14.3 Å². The normalized spacial score (nSPS) is 19.4. The summed E-state index contributed by atoms with van der Waals surface area (Å²) in [5, 5.41) is 9.75. The molecule has 0 saturated heterocycles. The fourth-order valence-electron chi connectivity index (χ4n) is 5.43. The van der Waals surface area contributed by atoms with Gasteiger partial charge >= 0.3 is 5.97 Å². The molecular formula is C33H35N3O3. The van der Waals surface area contributed by atoms with Crippen molar-refractivity contribution in [3.05, 3.63) is 107 Å².